The van der Waals surface area contributed by atoms with Gasteiger partial charge in [-0.15, -0.1) is 24.8 Å². The first kappa shape index (κ1) is 44.8. The topological polar surface area (TPSA) is 0 Å². The molecule has 0 N–H and O–H groups in total. The average molecular weight is 616 g/mol. The van der Waals surface area contributed by atoms with E-state index in [2.05, 4.69) is 98.8 Å². The van der Waals surface area contributed by atoms with Crippen molar-refractivity contribution in [2.75, 3.05) is 0 Å². The van der Waals surface area contributed by atoms with E-state index in [1.54, 1.807) is 0 Å². The van der Waals surface area contributed by atoms with Crippen LogP contribution in [0, 0.1) is 50.6 Å². The zero-order valence-electron chi connectivity index (χ0n) is 22.8. The molecule has 4 heteroatoms. The Morgan fingerprint density at radius 3 is 2.00 bits per heavy atom. The van der Waals surface area contributed by atoms with Crippen LogP contribution >= 0.6 is 24.8 Å². The third-order valence-electron chi connectivity index (χ3n) is 5.71. The number of allylic oxidation sites excluding steroid dienone is 5. The van der Waals surface area contributed by atoms with E-state index in [9.17, 15) is 0 Å². The van der Waals surface area contributed by atoms with Gasteiger partial charge in [-0.2, -0.15) is 5.57 Å². The van der Waals surface area contributed by atoms with Crippen molar-refractivity contribution in [2.24, 2.45) is 0 Å². The molecule has 0 heterocycles. The van der Waals surface area contributed by atoms with E-state index < -0.39 is 0 Å². The van der Waals surface area contributed by atoms with Crippen LogP contribution in [0.3, 0.4) is 0 Å². The van der Waals surface area contributed by atoms with Crippen LogP contribution in [0.25, 0.3) is 28.0 Å². The summed E-state index contributed by atoms with van der Waals surface area (Å²) in [5, 5.41) is 2.62. The standard InChI is InChI=1S/C26H21.6CH3.2ClH.Si.Zr/c1-2-18-17-25-23(22-14-7-12-19-9-5-6-13-21(19)22)15-8-16-24(25)26(18)20-10-3-4-11-20;;;;;;;;;;/h3-9,12-17,26H,2,10H2,1H3;6*1H3;2*1H;;/q7*-1;;;;. The number of halogens is 2. The summed E-state index contributed by atoms with van der Waals surface area (Å²) in [6.07, 6.45) is 12.3. The molecule has 0 nitrogen and oxygen atoms in total. The minimum atomic E-state index is 0. The van der Waals surface area contributed by atoms with Gasteiger partial charge in [0.05, 0.1) is 0 Å². The average Bonchev–Trinajstić information content (AvgIpc) is 3.41. The predicted molar refractivity (Wildman–Crippen MR) is 170 cm³/mol. The molecule has 36 heavy (non-hydrogen) atoms. The van der Waals surface area contributed by atoms with Gasteiger partial charge in [0.15, 0.2) is 0 Å². The normalized spacial score (nSPS) is 13.2. The van der Waals surface area contributed by atoms with E-state index in [1.807, 2.05) is 0 Å². The first-order chi connectivity index (χ1) is 13.9. The van der Waals surface area contributed by atoms with E-state index in [0.717, 1.165) is 12.8 Å². The number of rotatable bonds is 3. The van der Waals surface area contributed by atoms with E-state index in [4.69, 9.17) is 0 Å². The van der Waals surface area contributed by atoms with Gasteiger partial charge >= 0.3 is 30.2 Å². The molecule has 0 aromatic heterocycles. The summed E-state index contributed by atoms with van der Waals surface area (Å²) < 4.78 is 0. The zero-order chi connectivity index (χ0) is 19.5. The van der Waals surface area contributed by atoms with Gasteiger partial charge in [0.2, 0.25) is 0 Å². The van der Waals surface area contributed by atoms with Crippen LogP contribution < -0.4 is 0 Å². The van der Waals surface area contributed by atoms with Crippen LogP contribution in [0.5, 0.6) is 0 Å². The van der Waals surface area contributed by atoms with Gasteiger partial charge in [-0.25, -0.2) is 12.2 Å². The quantitative estimate of drug-likeness (QED) is 0.203. The Hall–Kier alpha value is -1.18. The molecule has 0 spiro atoms. The van der Waals surface area contributed by atoms with Gasteiger partial charge in [-0.05, 0) is 39.4 Å². The molecule has 0 aliphatic heterocycles. The fraction of sp³-hybridized carbons (Fsp3) is 0.125. The monoisotopic (exact) mass is 613 g/mol. The third kappa shape index (κ3) is 8.42. The molecule has 2 aliphatic carbocycles. The Bertz CT molecular complexity index is 1130. The fourth-order valence-electron chi connectivity index (χ4n) is 4.49. The van der Waals surface area contributed by atoms with E-state index in [0.29, 0.717) is 5.92 Å². The van der Waals surface area contributed by atoms with Crippen molar-refractivity contribution in [3.63, 3.8) is 0 Å². The summed E-state index contributed by atoms with van der Waals surface area (Å²) in [5.74, 6) is 0.403. The first-order valence-corrected chi connectivity index (χ1v) is 13.9. The van der Waals surface area contributed by atoms with Crippen molar-refractivity contribution in [3.8, 4) is 11.1 Å². The molecule has 1 atom stereocenters. The van der Waals surface area contributed by atoms with E-state index >= 15 is 0 Å². The van der Waals surface area contributed by atoms with Crippen molar-refractivity contribution in [2.45, 2.75) is 25.7 Å². The van der Waals surface area contributed by atoms with Crippen LogP contribution in [0.2, 0.25) is 0 Å². The van der Waals surface area contributed by atoms with Crippen molar-refractivity contribution in [1.29, 1.82) is 0 Å². The second-order valence-electron chi connectivity index (χ2n) is 7.12. The molecule has 0 amide bonds. The molecule has 0 saturated carbocycles. The Morgan fingerprint density at radius 2 is 1.39 bits per heavy atom. The Balaban J connectivity index is -0.000000313. The summed E-state index contributed by atoms with van der Waals surface area (Å²) in [6, 6.07) is 22.1. The van der Waals surface area contributed by atoms with Gasteiger partial charge in [0, 0.05) is 5.92 Å². The summed E-state index contributed by atoms with van der Waals surface area (Å²) in [4.78, 5) is 0. The van der Waals surface area contributed by atoms with Crippen LogP contribution in [0.1, 0.15) is 36.8 Å². The number of fused-ring (bicyclic) bond motifs is 2. The van der Waals surface area contributed by atoms with E-state index in [-0.39, 0.29) is 69.4 Å². The molecule has 3 aromatic carbocycles. The molecule has 198 valence electrons. The Labute approximate surface area is 252 Å². The minimum absolute atomic E-state index is 0. The van der Waals surface area contributed by atoms with Crippen LogP contribution in [-0.4, -0.2) is 6.88 Å². The van der Waals surface area contributed by atoms with Gasteiger partial charge in [0.1, 0.15) is 0 Å². The molecule has 2 aliphatic rings. The first-order valence-electron chi connectivity index (χ1n) is 9.70. The van der Waals surface area contributed by atoms with Crippen LogP contribution in [0.4, 0.5) is 0 Å². The maximum absolute atomic E-state index is 3.49. The van der Waals surface area contributed by atoms with E-state index in [1.165, 1.54) is 67.5 Å². The third-order valence-corrected chi connectivity index (χ3v) is 5.71. The Morgan fingerprint density at radius 1 is 0.806 bits per heavy atom. The van der Waals surface area contributed by atoms with Crippen molar-refractivity contribution in [3.05, 3.63) is 146 Å². The second kappa shape index (κ2) is 20.8. The summed E-state index contributed by atoms with van der Waals surface area (Å²) in [5.41, 5.74) is 8.44. The molecule has 0 saturated heterocycles. The number of hydrogen-bond donors (Lipinski definition) is 0. The van der Waals surface area contributed by atoms with Crippen LogP contribution in [0.15, 0.2) is 84.0 Å². The molecule has 1 unspecified atom stereocenters. The molecule has 0 fully saturated rings. The maximum atomic E-state index is 3.49. The SMILES string of the molecule is CCC1=Cc2c(-c3cccc4ccccc34)cccc2C1C1=[C-]C=CC1.Cl.Cl.[CH3-].[CH3-].[CH3-].[CH3-].[CH3-].[CH3-].[Si]=[Zr]. The van der Waals surface area contributed by atoms with Crippen LogP contribution in [-0.2, 0) is 23.3 Å². The molecule has 2 radical (unpaired) electrons. The molecule has 5 rings (SSSR count). The molecular formula is C32H41Cl2SiZr-7. The van der Waals surface area contributed by atoms with Crippen molar-refractivity contribution < 1.29 is 23.3 Å². The van der Waals surface area contributed by atoms with Gasteiger partial charge in [0.25, 0.3) is 0 Å². The summed E-state index contributed by atoms with van der Waals surface area (Å²) in [6.45, 7) is 5.33. The number of hydrogen-bond acceptors (Lipinski definition) is 0. The molecule has 3 aromatic rings. The van der Waals surface area contributed by atoms with Gasteiger partial charge < -0.3 is 44.6 Å². The van der Waals surface area contributed by atoms with Crippen molar-refractivity contribution in [1.82, 2.24) is 0 Å². The fourth-order valence-corrected chi connectivity index (χ4v) is 4.49. The Kier molecular flexibility index (Phi) is 25.9. The second-order valence-corrected chi connectivity index (χ2v) is 7.12. The summed E-state index contributed by atoms with van der Waals surface area (Å²) in [7, 11) is 0. The zero-order valence-corrected chi connectivity index (χ0v) is 27.9. The molecular weight excluding hydrogens is 575 g/mol. The summed E-state index contributed by atoms with van der Waals surface area (Å²) >= 11 is 1.36. The number of benzene rings is 3. The predicted octanol–water partition coefficient (Wildman–Crippen LogP) is 10.2. The molecule has 0 bridgehead atoms. The van der Waals surface area contributed by atoms with Gasteiger partial charge in [-0.1, -0.05) is 85.7 Å². The van der Waals surface area contributed by atoms with Gasteiger partial charge in [-0.3, -0.25) is 6.08 Å². The van der Waals surface area contributed by atoms with Crippen molar-refractivity contribution >= 4 is 48.5 Å².